The van der Waals surface area contributed by atoms with Gasteiger partial charge in [-0.3, -0.25) is 9.36 Å². The summed E-state index contributed by atoms with van der Waals surface area (Å²) >= 11 is 0. The van der Waals surface area contributed by atoms with E-state index in [1.807, 2.05) is 6.07 Å². The van der Waals surface area contributed by atoms with Gasteiger partial charge in [0.05, 0.1) is 5.69 Å². The minimum absolute atomic E-state index is 0.0558. The van der Waals surface area contributed by atoms with Gasteiger partial charge in [-0.1, -0.05) is 6.07 Å². The van der Waals surface area contributed by atoms with Gasteiger partial charge in [-0.05, 0) is 28.5 Å². The molecule has 0 aliphatic rings. The minimum atomic E-state index is -0.496. The second-order valence-electron chi connectivity index (χ2n) is 3.87. The normalized spacial score (nSPS) is 10.4. The van der Waals surface area contributed by atoms with Crippen LogP contribution in [0.15, 0.2) is 41.5 Å². The van der Waals surface area contributed by atoms with Gasteiger partial charge >= 0.3 is 0 Å². The lowest BCUT2D eigenvalue weighted by atomic mass is 10.2. The first-order chi connectivity index (χ1) is 9.74. The molecule has 2 aromatic heterocycles. The molecule has 100 valence electrons. The van der Waals surface area contributed by atoms with E-state index in [2.05, 4.69) is 30.5 Å². The summed E-state index contributed by atoms with van der Waals surface area (Å²) in [6.07, 6.45) is 3.11. The fraction of sp³-hybridized carbons (Fsp3) is 0. The van der Waals surface area contributed by atoms with Crippen LogP contribution in [0.3, 0.4) is 0 Å². The lowest BCUT2D eigenvalue weighted by molar-refractivity contribution is 0.101. The third-order valence-electron chi connectivity index (χ3n) is 2.55. The third-order valence-corrected chi connectivity index (χ3v) is 2.55. The van der Waals surface area contributed by atoms with Crippen molar-refractivity contribution in [1.29, 1.82) is 0 Å². The molecule has 0 spiro atoms. The Morgan fingerprint density at radius 3 is 2.75 bits per heavy atom. The van der Waals surface area contributed by atoms with Crippen molar-refractivity contribution in [3.8, 4) is 5.69 Å². The number of hydrogen-bond donors (Lipinski definition) is 2. The standard InChI is InChI=1S/C11H9N7O2/c12-10-9(16-20-17-10)11(19)15-7-2-1-3-8(4-7)18-5-13-14-6-18/h1-6H,(H2,12,17)(H,15,19). The number of nitrogens with one attached hydrogen (secondary N) is 1. The molecule has 3 aromatic rings. The molecule has 20 heavy (non-hydrogen) atoms. The van der Waals surface area contributed by atoms with Gasteiger partial charge in [-0.2, -0.15) is 0 Å². The first-order valence-electron chi connectivity index (χ1n) is 5.58. The van der Waals surface area contributed by atoms with Crippen molar-refractivity contribution < 1.29 is 9.42 Å². The van der Waals surface area contributed by atoms with Crippen LogP contribution < -0.4 is 11.1 Å². The monoisotopic (exact) mass is 271 g/mol. The van der Waals surface area contributed by atoms with E-state index in [0.717, 1.165) is 5.69 Å². The second-order valence-corrected chi connectivity index (χ2v) is 3.87. The number of rotatable bonds is 3. The first-order valence-corrected chi connectivity index (χ1v) is 5.58. The van der Waals surface area contributed by atoms with Crippen LogP contribution in [-0.2, 0) is 0 Å². The number of anilines is 2. The lowest BCUT2D eigenvalue weighted by Gasteiger charge is -2.06. The van der Waals surface area contributed by atoms with E-state index in [0.29, 0.717) is 5.69 Å². The molecule has 9 heteroatoms. The first kappa shape index (κ1) is 11.8. The van der Waals surface area contributed by atoms with Crippen molar-refractivity contribution in [2.24, 2.45) is 0 Å². The van der Waals surface area contributed by atoms with E-state index in [1.165, 1.54) is 0 Å². The highest BCUT2D eigenvalue weighted by atomic mass is 16.6. The summed E-state index contributed by atoms with van der Waals surface area (Å²) in [5, 5.41) is 16.9. The van der Waals surface area contributed by atoms with E-state index >= 15 is 0 Å². The van der Waals surface area contributed by atoms with Gasteiger partial charge in [0.15, 0.2) is 0 Å². The number of nitrogens with two attached hydrogens (primary N) is 1. The van der Waals surface area contributed by atoms with Crippen LogP contribution >= 0.6 is 0 Å². The molecule has 0 bridgehead atoms. The number of benzene rings is 1. The van der Waals surface area contributed by atoms with Gasteiger partial charge in [-0.15, -0.1) is 10.2 Å². The molecule has 3 rings (SSSR count). The number of hydrogen-bond acceptors (Lipinski definition) is 7. The van der Waals surface area contributed by atoms with E-state index in [4.69, 9.17) is 5.73 Å². The molecule has 0 aliphatic carbocycles. The average Bonchev–Trinajstić information content (AvgIpc) is 3.09. The van der Waals surface area contributed by atoms with E-state index in [1.54, 1.807) is 35.4 Å². The number of amides is 1. The van der Waals surface area contributed by atoms with Crippen LogP contribution in [-0.4, -0.2) is 31.0 Å². The van der Waals surface area contributed by atoms with E-state index in [9.17, 15) is 4.79 Å². The van der Waals surface area contributed by atoms with Gasteiger partial charge in [-0.25, -0.2) is 4.63 Å². The van der Waals surface area contributed by atoms with Crippen molar-refractivity contribution in [2.75, 3.05) is 11.1 Å². The molecule has 0 unspecified atom stereocenters. The Labute approximate surface area is 112 Å². The van der Waals surface area contributed by atoms with Crippen molar-refractivity contribution in [3.05, 3.63) is 42.6 Å². The van der Waals surface area contributed by atoms with Gasteiger partial charge < -0.3 is 11.1 Å². The minimum Gasteiger partial charge on any atom is -0.379 e. The number of carbonyl (C=O) groups is 1. The fourth-order valence-corrected chi connectivity index (χ4v) is 1.62. The van der Waals surface area contributed by atoms with E-state index < -0.39 is 5.91 Å². The Bertz CT molecular complexity index is 735. The summed E-state index contributed by atoms with van der Waals surface area (Å²) < 4.78 is 6.09. The number of nitrogen functional groups attached to an aromatic ring is 1. The Hall–Kier alpha value is -3.23. The Balaban J connectivity index is 1.83. The highest BCUT2D eigenvalue weighted by Gasteiger charge is 2.16. The molecule has 1 aromatic carbocycles. The zero-order valence-corrected chi connectivity index (χ0v) is 10.1. The van der Waals surface area contributed by atoms with E-state index in [-0.39, 0.29) is 11.5 Å². The zero-order valence-electron chi connectivity index (χ0n) is 10.1. The summed E-state index contributed by atoms with van der Waals surface area (Å²) in [4.78, 5) is 11.9. The molecular formula is C11H9N7O2. The molecule has 0 fully saturated rings. The molecule has 0 saturated heterocycles. The van der Waals surface area contributed by atoms with Crippen LogP contribution in [0, 0.1) is 0 Å². The highest BCUT2D eigenvalue weighted by molar-refractivity contribution is 6.05. The van der Waals surface area contributed by atoms with Crippen LogP contribution in [0.4, 0.5) is 11.5 Å². The van der Waals surface area contributed by atoms with Gasteiger partial charge in [0, 0.05) is 5.69 Å². The molecule has 0 saturated carbocycles. The van der Waals surface area contributed by atoms with Gasteiger partial charge in [0.25, 0.3) is 5.91 Å². The lowest BCUT2D eigenvalue weighted by Crippen LogP contribution is -2.14. The van der Waals surface area contributed by atoms with Crippen LogP contribution in [0.2, 0.25) is 0 Å². The maximum atomic E-state index is 11.9. The number of carbonyl (C=O) groups excluding carboxylic acids is 1. The van der Waals surface area contributed by atoms with Crippen LogP contribution in [0.5, 0.6) is 0 Å². The molecule has 0 atom stereocenters. The maximum absolute atomic E-state index is 11.9. The molecule has 2 heterocycles. The third kappa shape index (κ3) is 2.19. The molecule has 3 N–H and O–H groups in total. The maximum Gasteiger partial charge on any atom is 0.281 e. The van der Waals surface area contributed by atoms with Crippen molar-refractivity contribution in [2.45, 2.75) is 0 Å². The zero-order chi connectivity index (χ0) is 13.9. The Kier molecular flexibility index (Phi) is 2.84. The summed E-state index contributed by atoms with van der Waals surface area (Å²) in [5.41, 5.74) is 6.77. The molecule has 0 aliphatic heterocycles. The van der Waals surface area contributed by atoms with Crippen LogP contribution in [0.25, 0.3) is 5.69 Å². The highest BCUT2D eigenvalue weighted by Crippen LogP contribution is 2.15. The SMILES string of the molecule is Nc1nonc1C(=O)Nc1cccc(-n2cnnc2)c1. The largest absolute Gasteiger partial charge is 0.379 e. The quantitative estimate of drug-likeness (QED) is 0.709. The van der Waals surface area contributed by atoms with Gasteiger partial charge in [0.1, 0.15) is 12.7 Å². The molecule has 9 nitrogen and oxygen atoms in total. The number of aromatic nitrogens is 5. The Morgan fingerprint density at radius 1 is 1.25 bits per heavy atom. The topological polar surface area (TPSA) is 125 Å². The molecular weight excluding hydrogens is 262 g/mol. The molecule has 0 radical (unpaired) electrons. The Morgan fingerprint density at radius 2 is 2.05 bits per heavy atom. The molecule has 1 amide bonds. The summed E-state index contributed by atoms with van der Waals surface area (Å²) in [5.74, 6) is -0.554. The summed E-state index contributed by atoms with van der Waals surface area (Å²) in [6, 6.07) is 7.13. The predicted molar refractivity (Wildman–Crippen MR) is 68.0 cm³/mol. The summed E-state index contributed by atoms with van der Waals surface area (Å²) in [7, 11) is 0. The summed E-state index contributed by atoms with van der Waals surface area (Å²) in [6.45, 7) is 0. The smallest absolute Gasteiger partial charge is 0.281 e. The fourth-order valence-electron chi connectivity index (χ4n) is 1.62. The van der Waals surface area contributed by atoms with Crippen molar-refractivity contribution in [1.82, 2.24) is 25.1 Å². The van der Waals surface area contributed by atoms with Crippen molar-refractivity contribution in [3.63, 3.8) is 0 Å². The van der Waals surface area contributed by atoms with Gasteiger partial charge in [0.2, 0.25) is 11.5 Å². The van der Waals surface area contributed by atoms with Crippen molar-refractivity contribution >= 4 is 17.4 Å². The predicted octanol–water partition coefficient (Wildman–Crippen LogP) is 0.485. The number of nitrogens with zero attached hydrogens (tertiary/aromatic N) is 5. The second kappa shape index (κ2) is 4.80. The van der Waals surface area contributed by atoms with Crippen LogP contribution in [0.1, 0.15) is 10.5 Å². The average molecular weight is 271 g/mol.